The molecule has 0 amide bonds. The summed E-state index contributed by atoms with van der Waals surface area (Å²) in [7, 11) is 0. The van der Waals surface area contributed by atoms with Crippen LogP contribution in [-0.4, -0.2) is 33.2 Å². The molecule has 1 aliphatic rings. The molecule has 1 aromatic carbocycles. The van der Waals surface area contributed by atoms with Crippen LogP contribution in [0.15, 0.2) is 58.3 Å². The molecule has 0 N–H and O–H groups in total. The van der Waals surface area contributed by atoms with Gasteiger partial charge in [0.2, 0.25) is 0 Å². The van der Waals surface area contributed by atoms with Gasteiger partial charge in [-0.05, 0) is 52.7 Å². The number of aliphatic imine (C=N–C) groups is 1. The summed E-state index contributed by atoms with van der Waals surface area (Å²) >= 11 is 1.76. The molecule has 164 valence electrons. The summed E-state index contributed by atoms with van der Waals surface area (Å²) < 4.78 is 2.12. The second kappa shape index (κ2) is 8.67. The third-order valence-electron chi connectivity index (χ3n) is 5.54. The zero-order chi connectivity index (χ0) is 23.0. The van der Waals surface area contributed by atoms with Crippen LogP contribution in [0.2, 0.25) is 0 Å². The number of hydrogen-bond acceptors (Lipinski definition) is 6. The first-order valence-electron chi connectivity index (χ1n) is 10.6. The number of benzene rings is 1. The number of nitrogens with zero attached hydrogens (tertiary/aromatic N) is 6. The van der Waals surface area contributed by atoms with E-state index in [9.17, 15) is 0 Å². The maximum atomic E-state index is 5.17. The number of aryl methyl sites for hydroxylation is 3. The van der Waals surface area contributed by atoms with E-state index < -0.39 is 0 Å². The molecule has 0 aliphatic carbocycles. The Morgan fingerprint density at radius 3 is 2.50 bits per heavy atom. The highest BCUT2D eigenvalue weighted by molar-refractivity contribution is 7.15. The molecule has 4 rings (SSSR count). The van der Waals surface area contributed by atoms with Crippen LogP contribution in [0, 0.1) is 27.7 Å². The summed E-state index contributed by atoms with van der Waals surface area (Å²) in [5, 5.41) is 17.1. The van der Waals surface area contributed by atoms with Gasteiger partial charge in [-0.15, -0.1) is 21.5 Å². The molecule has 0 fully saturated rings. The summed E-state index contributed by atoms with van der Waals surface area (Å²) in [5.41, 5.74) is 7.40. The van der Waals surface area contributed by atoms with Gasteiger partial charge in [0.15, 0.2) is 0 Å². The third-order valence-corrected chi connectivity index (χ3v) is 6.74. The van der Waals surface area contributed by atoms with E-state index in [2.05, 4.69) is 71.4 Å². The second-order valence-electron chi connectivity index (χ2n) is 8.08. The number of hydrazone groups is 1. The maximum absolute atomic E-state index is 5.17. The molecule has 0 saturated heterocycles. The van der Waals surface area contributed by atoms with Gasteiger partial charge in [-0.1, -0.05) is 42.5 Å². The van der Waals surface area contributed by atoms with Gasteiger partial charge in [0.05, 0.1) is 6.54 Å². The molecular weight excluding hydrogens is 416 g/mol. The van der Waals surface area contributed by atoms with Crippen molar-refractivity contribution in [2.75, 3.05) is 11.6 Å². The standard InChI is InChI=1S/C25H28N6S/c1-8-20(13-26-15(2)3)14-30-25-28-27-19(7)31(25)24-22(17(5)18(6)32-24)23(29-30)21-11-9-16(4)10-12-21/h8-13H,2,14H2,1,3-7H3/b20-8+,26-13?. The fraction of sp³-hybridized carbons (Fsp3) is 0.280. The smallest absolute Gasteiger partial charge is 0.253 e. The Morgan fingerprint density at radius 1 is 1.12 bits per heavy atom. The van der Waals surface area contributed by atoms with Gasteiger partial charge in [0.25, 0.3) is 5.95 Å². The van der Waals surface area contributed by atoms with Crippen molar-refractivity contribution >= 4 is 29.2 Å². The molecule has 0 radical (unpaired) electrons. The van der Waals surface area contributed by atoms with Gasteiger partial charge in [-0.2, -0.15) is 5.10 Å². The van der Waals surface area contributed by atoms with Gasteiger partial charge < -0.3 is 0 Å². The van der Waals surface area contributed by atoms with Crippen molar-refractivity contribution < 1.29 is 0 Å². The van der Waals surface area contributed by atoms with Crippen molar-refractivity contribution in [1.29, 1.82) is 0 Å². The number of allylic oxidation sites excluding steroid dienone is 2. The van der Waals surface area contributed by atoms with Gasteiger partial charge in [-0.25, -0.2) is 5.01 Å². The van der Waals surface area contributed by atoms with Crippen LogP contribution in [0.25, 0.3) is 5.00 Å². The van der Waals surface area contributed by atoms with Crippen LogP contribution in [0.4, 0.5) is 5.95 Å². The largest absolute Gasteiger partial charge is 0.262 e. The second-order valence-corrected chi connectivity index (χ2v) is 9.28. The van der Waals surface area contributed by atoms with E-state index in [1.54, 1.807) is 11.3 Å². The van der Waals surface area contributed by atoms with Crippen LogP contribution in [0.3, 0.4) is 0 Å². The zero-order valence-electron chi connectivity index (χ0n) is 19.5. The number of anilines is 1. The minimum atomic E-state index is 0.522. The lowest BCUT2D eigenvalue weighted by atomic mass is 9.99. The number of aromatic nitrogens is 3. The first kappa shape index (κ1) is 21.9. The highest BCUT2D eigenvalue weighted by Crippen LogP contribution is 2.38. The molecule has 0 atom stereocenters. The Balaban J connectivity index is 1.94. The lowest BCUT2D eigenvalue weighted by Gasteiger charge is -2.18. The minimum Gasteiger partial charge on any atom is -0.262 e. The fourth-order valence-corrected chi connectivity index (χ4v) is 4.81. The molecule has 0 spiro atoms. The van der Waals surface area contributed by atoms with Crippen molar-refractivity contribution in [3.8, 4) is 5.00 Å². The Kier molecular flexibility index (Phi) is 5.93. The Labute approximate surface area is 193 Å². The summed E-state index contributed by atoms with van der Waals surface area (Å²) in [6, 6.07) is 8.54. The van der Waals surface area contributed by atoms with E-state index >= 15 is 0 Å². The lowest BCUT2D eigenvalue weighted by Crippen LogP contribution is -2.24. The molecule has 3 aromatic rings. The first-order chi connectivity index (χ1) is 15.3. The van der Waals surface area contributed by atoms with Crippen molar-refractivity contribution in [2.24, 2.45) is 10.1 Å². The number of hydrogen-bond donors (Lipinski definition) is 0. The predicted octanol–water partition coefficient (Wildman–Crippen LogP) is 5.69. The quantitative estimate of drug-likeness (QED) is 0.475. The molecule has 0 bridgehead atoms. The summed E-state index contributed by atoms with van der Waals surface area (Å²) in [5.74, 6) is 1.54. The van der Waals surface area contributed by atoms with E-state index in [-0.39, 0.29) is 0 Å². The molecule has 0 unspecified atom stereocenters. The molecule has 2 aromatic heterocycles. The normalized spacial score (nSPS) is 13.8. The van der Waals surface area contributed by atoms with Gasteiger partial charge >= 0.3 is 0 Å². The zero-order valence-corrected chi connectivity index (χ0v) is 20.3. The van der Waals surface area contributed by atoms with Crippen LogP contribution < -0.4 is 5.01 Å². The molecule has 6 nitrogen and oxygen atoms in total. The Hall–Kier alpha value is -3.32. The van der Waals surface area contributed by atoms with Gasteiger partial charge in [0.1, 0.15) is 16.5 Å². The summed E-state index contributed by atoms with van der Waals surface area (Å²) in [6.07, 6.45) is 3.88. The summed E-state index contributed by atoms with van der Waals surface area (Å²) in [6.45, 7) is 16.7. The first-order valence-corrected chi connectivity index (χ1v) is 11.4. The van der Waals surface area contributed by atoms with E-state index in [0.717, 1.165) is 38.9 Å². The lowest BCUT2D eigenvalue weighted by molar-refractivity contribution is 0.850. The molecule has 3 heterocycles. The van der Waals surface area contributed by atoms with Crippen molar-refractivity contribution in [2.45, 2.75) is 41.5 Å². The Bertz CT molecular complexity index is 1270. The highest BCUT2D eigenvalue weighted by atomic mass is 32.1. The number of fused-ring (bicyclic) bond motifs is 3. The van der Waals surface area contributed by atoms with Crippen LogP contribution in [-0.2, 0) is 0 Å². The van der Waals surface area contributed by atoms with Crippen LogP contribution in [0.1, 0.15) is 46.8 Å². The van der Waals surface area contributed by atoms with Gasteiger partial charge in [-0.3, -0.25) is 9.56 Å². The van der Waals surface area contributed by atoms with E-state index in [4.69, 9.17) is 5.10 Å². The number of thiophene rings is 1. The average Bonchev–Trinajstić information content (AvgIpc) is 3.23. The molecule has 7 heteroatoms. The molecule has 0 saturated carbocycles. The predicted molar refractivity (Wildman–Crippen MR) is 135 cm³/mol. The van der Waals surface area contributed by atoms with Crippen molar-refractivity contribution in [3.05, 3.63) is 81.1 Å². The van der Waals surface area contributed by atoms with E-state index in [1.807, 2.05) is 38.1 Å². The minimum absolute atomic E-state index is 0.522. The monoisotopic (exact) mass is 444 g/mol. The van der Waals surface area contributed by atoms with E-state index in [0.29, 0.717) is 12.5 Å². The van der Waals surface area contributed by atoms with Crippen LogP contribution in [0.5, 0.6) is 0 Å². The van der Waals surface area contributed by atoms with Crippen molar-refractivity contribution in [3.63, 3.8) is 0 Å². The molecule has 1 aliphatic heterocycles. The highest BCUT2D eigenvalue weighted by Gasteiger charge is 2.30. The number of rotatable bonds is 5. The topological polar surface area (TPSA) is 58.7 Å². The van der Waals surface area contributed by atoms with E-state index in [1.165, 1.54) is 16.0 Å². The summed E-state index contributed by atoms with van der Waals surface area (Å²) in [4.78, 5) is 5.65. The average molecular weight is 445 g/mol. The maximum Gasteiger partial charge on any atom is 0.253 e. The van der Waals surface area contributed by atoms with Crippen LogP contribution >= 0.6 is 11.3 Å². The molecule has 32 heavy (non-hydrogen) atoms. The Morgan fingerprint density at radius 2 is 1.84 bits per heavy atom. The fourth-order valence-electron chi connectivity index (χ4n) is 3.61. The third kappa shape index (κ3) is 3.96. The van der Waals surface area contributed by atoms with Crippen molar-refractivity contribution in [1.82, 2.24) is 14.8 Å². The SMILES string of the molecule is C=C(C)N=C/C(=C\C)CN1N=C(c2ccc(C)cc2)c2c(sc(C)c2C)-n2c(C)nnc21. The molecular formula is C25H28N6S. The van der Waals surface area contributed by atoms with Gasteiger partial charge in [0, 0.05) is 27.9 Å².